The maximum Gasteiger partial charge on any atom is 0.356 e. The van der Waals surface area contributed by atoms with Crippen LogP contribution in [0.1, 0.15) is 35.1 Å². The third-order valence-electron chi connectivity index (χ3n) is 2.25. The van der Waals surface area contributed by atoms with E-state index in [0.29, 0.717) is 0 Å². The number of hydrogen-bond acceptors (Lipinski definition) is 3. The van der Waals surface area contributed by atoms with Crippen molar-refractivity contribution in [3.05, 3.63) is 17.5 Å². The van der Waals surface area contributed by atoms with Crippen LogP contribution in [-0.2, 0) is 0 Å². The molecule has 13 heavy (non-hydrogen) atoms. The van der Waals surface area contributed by atoms with Crippen LogP contribution >= 0.6 is 0 Å². The molecule has 70 valence electrons. The lowest BCUT2D eigenvalue weighted by Gasteiger charge is -2.04. The Morgan fingerprint density at radius 3 is 3.08 bits per heavy atom. The lowest BCUT2D eigenvalue weighted by atomic mass is 10.1. The van der Waals surface area contributed by atoms with E-state index < -0.39 is 5.97 Å². The Bertz CT molecular complexity index is 315. The maximum atomic E-state index is 10.5. The molecule has 0 unspecified atom stereocenters. The number of aromatic nitrogens is 2. The molecule has 0 saturated carbocycles. The summed E-state index contributed by atoms with van der Waals surface area (Å²) in [4.78, 5) is 10.5. The highest BCUT2D eigenvalue weighted by Gasteiger charge is 2.19. The molecular formula is C8H11N3O2. The number of aromatic amines is 1. The van der Waals surface area contributed by atoms with Crippen molar-refractivity contribution in [2.45, 2.75) is 18.9 Å². The molecule has 0 radical (unpaired) electrons. The topological polar surface area (TPSA) is 78.0 Å². The Morgan fingerprint density at radius 1 is 1.69 bits per heavy atom. The van der Waals surface area contributed by atoms with Crippen molar-refractivity contribution in [2.24, 2.45) is 0 Å². The Hall–Kier alpha value is -1.36. The van der Waals surface area contributed by atoms with E-state index in [0.717, 1.165) is 25.1 Å². The van der Waals surface area contributed by atoms with Crippen molar-refractivity contribution in [3.63, 3.8) is 0 Å². The molecule has 5 heteroatoms. The van der Waals surface area contributed by atoms with Gasteiger partial charge in [0.2, 0.25) is 0 Å². The Morgan fingerprint density at radius 2 is 2.54 bits per heavy atom. The van der Waals surface area contributed by atoms with E-state index in [1.165, 1.54) is 0 Å². The van der Waals surface area contributed by atoms with Gasteiger partial charge in [0.25, 0.3) is 0 Å². The number of rotatable bonds is 2. The molecule has 2 rings (SSSR count). The van der Waals surface area contributed by atoms with Gasteiger partial charge in [-0.1, -0.05) is 0 Å². The van der Waals surface area contributed by atoms with Gasteiger partial charge in [0, 0.05) is 6.04 Å². The van der Waals surface area contributed by atoms with Gasteiger partial charge in [-0.25, -0.2) is 4.79 Å². The fourth-order valence-corrected chi connectivity index (χ4v) is 1.57. The summed E-state index contributed by atoms with van der Waals surface area (Å²) in [5, 5.41) is 18.3. The molecule has 1 aliphatic rings. The van der Waals surface area contributed by atoms with Gasteiger partial charge in [-0.2, -0.15) is 5.10 Å². The number of carboxylic acids is 1. The molecule has 0 amide bonds. The minimum Gasteiger partial charge on any atom is -0.476 e. The van der Waals surface area contributed by atoms with Crippen molar-refractivity contribution in [1.82, 2.24) is 15.5 Å². The molecule has 0 aromatic carbocycles. The Labute approximate surface area is 75.2 Å². The lowest BCUT2D eigenvalue weighted by Crippen LogP contribution is -2.13. The quantitative estimate of drug-likeness (QED) is 0.622. The normalized spacial score (nSPS) is 22.0. The highest BCUT2D eigenvalue weighted by Crippen LogP contribution is 2.21. The largest absolute Gasteiger partial charge is 0.476 e. The van der Waals surface area contributed by atoms with Crippen molar-refractivity contribution in [1.29, 1.82) is 0 Å². The minimum atomic E-state index is -0.986. The van der Waals surface area contributed by atoms with Crippen molar-refractivity contribution < 1.29 is 9.90 Å². The number of carboxylic acid groups (broad SMARTS) is 1. The first-order chi connectivity index (χ1) is 6.27. The van der Waals surface area contributed by atoms with E-state index in [2.05, 4.69) is 15.5 Å². The summed E-state index contributed by atoms with van der Waals surface area (Å²) in [5.74, 6) is -0.986. The number of aromatic carboxylic acids is 1. The molecule has 3 N–H and O–H groups in total. The minimum absolute atomic E-state index is 0.0868. The molecule has 0 aliphatic carbocycles. The second-order valence-corrected chi connectivity index (χ2v) is 3.16. The SMILES string of the molecule is O=C(O)c1cc([C@@H]2CCCN2)[nH]n1. The standard InChI is InChI=1S/C8H11N3O2/c12-8(13)7-4-6(10-11-7)5-2-1-3-9-5/h4-5,9H,1-3H2,(H,10,11)(H,12,13)/t5-/m0/s1. The fraction of sp³-hybridized carbons (Fsp3) is 0.500. The zero-order valence-electron chi connectivity index (χ0n) is 7.08. The van der Waals surface area contributed by atoms with Crippen molar-refractivity contribution in [2.75, 3.05) is 6.54 Å². The second-order valence-electron chi connectivity index (χ2n) is 3.16. The van der Waals surface area contributed by atoms with Crippen molar-refractivity contribution >= 4 is 5.97 Å². The van der Waals surface area contributed by atoms with Gasteiger partial charge in [0.05, 0.1) is 5.69 Å². The number of nitrogens with zero attached hydrogens (tertiary/aromatic N) is 1. The average Bonchev–Trinajstić information content (AvgIpc) is 2.75. The van der Waals surface area contributed by atoms with Gasteiger partial charge >= 0.3 is 5.97 Å². The van der Waals surface area contributed by atoms with E-state index in [1.807, 2.05) is 0 Å². The molecular weight excluding hydrogens is 170 g/mol. The first kappa shape index (κ1) is 8.25. The van der Waals surface area contributed by atoms with E-state index in [4.69, 9.17) is 5.11 Å². The zero-order valence-corrected chi connectivity index (χ0v) is 7.08. The smallest absolute Gasteiger partial charge is 0.356 e. The molecule has 1 fully saturated rings. The zero-order chi connectivity index (χ0) is 9.26. The van der Waals surface area contributed by atoms with Gasteiger partial charge in [-0.3, -0.25) is 5.10 Å². The van der Waals surface area contributed by atoms with Crippen LogP contribution in [-0.4, -0.2) is 27.8 Å². The van der Waals surface area contributed by atoms with Gasteiger partial charge in [-0.15, -0.1) is 0 Å². The Kier molecular flexibility index (Phi) is 2.02. The first-order valence-corrected chi connectivity index (χ1v) is 4.29. The van der Waals surface area contributed by atoms with Crippen LogP contribution < -0.4 is 5.32 Å². The molecule has 1 saturated heterocycles. The summed E-state index contributed by atoms with van der Waals surface area (Å²) < 4.78 is 0. The maximum absolute atomic E-state index is 10.5. The number of carbonyl (C=O) groups is 1. The van der Waals surface area contributed by atoms with E-state index in [9.17, 15) is 4.79 Å². The van der Waals surface area contributed by atoms with Crippen LogP contribution in [0.15, 0.2) is 6.07 Å². The number of H-pyrrole nitrogens is 1. The van der Waals surface area contributed by atoms with Crippen LogP contribution in [0, 0.1) is 0 Å². The molecule has 2 heterocycles. The summed E-state index contributed by atoms with van der Waals surface area (Å²) in [5.41, 5.74) is 0.957. The highest BCUT2D eigenvalue weighted by atomic mass is 16.4. The summed E-state index contributed by atoms with van der Waals surface area (Å²) in [6.07, 6.45) is 2.17. The van der Waals surface area contributed by atoms with E-state index >= 15 is 0 Å². The highest BCUT2D eigenvalue weighted by molar-refractivity contribution is 5.85. The molecule has 0 spiro atoms. The third-order valence-corrected chi connectivity index (χ3v) is 2.25. The van der Waals surface area contributed by atoms with E-state index in [-0.39, 0.29) is 11.7 Å². The number of hydrogen-bond donors (Lipinski definition) is 3. The molecule has 1 atom stereocenters. The monoisotopic (exact) mass is 181 g/mol. The average molecular weight is 181 g/mol. The lowest BCUT2D eigenvalue weighted by molar-refractivity contribution is 0.0690. The molecule has 0 bridgehead atoms. The summed E-state index contributed by atoms with van der Waals surface area (Å²) >= 11 is 0. The predicted octanol–water partition coefficient (Wildman–Crippen LogP) is 0.532. The summed E-state index contributed by atoms with van der Waals surface area (Å²) in [6, 6.07) is 1.84. The van der Waals surface area contributed by atoms with Crippen LogP contribution in [0.25, 0.3) is 0 Å². The summed E-state index contributed by atoms with van der Waals surface area (Å²) in [7, 11) is 0. The van der Waals surface area contributed by atoms with Gasteiger partial charge in [0.15, 0.2) is 5.69 Å². The first-order valence-electron chi connectivity index (χ1n) is 4.29. The number of nitrogens with one attached hydrogen (secondary N) is 2. The Balaban J connectivity index is 2.16. The van der Waals surface area contributed by atoms with Gasteiger partial charge in [-0.05, 0) is 25.5 Å². The second kappa shape index (κ2) is 3.18. The van der Waals surface area contributed by atoms with Crippen molar-refractivity contribution in [3.8, 4) is 0 Å². The third kappa shape index (κ3) is 1.55. The molecule has 1 aromatic heterocycles. The van der Waals surface area contributed by atoms with Gasteiger partial charge in [0.1, 0.15) is 0 Å². The van der Waals surface area contributed by atoms with Gasteiger partial charge < -0.3 is 10.4 Å². The predicted molar refractivity (Wildman–Crippen MR) is 45.5 cm³/mol. The molecule has 5 nitrogen and oxygen atoms in total. The van der Waals surface area contributed by atoms with Crippen LogP contribution in [0.2, 0.25) is 0 Å². The van der Waals surface area contributed by atoms with E-state index in [1.54, 1.807) is 6.07 Å². The summed E-state index contributed by atoms with van der Waals surface area (Å²) in [6.45, 7) is 0.992. The molecule has 1 aromatic rings. The fourth-order valence-electron chi connectivity index (χ4n) is 1.57. The molecule has 1 aliphatic heterocycles. The van der Waals surface area contributed by atoms with Crippen LogP contribution in [0.4, 0.5) is 0 Å². The van der Waals surface area contributed by atoms with Crippen LogP contribution in [0.3, 0.4) is 0 Å². The van der Waals surface area contributed by atoms with Crippen LogP contribution in [0.5, 0.6) is 0 Å².